The zero-order chi connectivity index (χ0) is 15.6. The number of carbonyl (C=O) groups is 1. The molecule has 0 bridgehead atoms. The van der Waals surface area contributed by atoms with Gasteiger partial charge in [0.05, 0.1) is 13.4 Å². The molecular weight excluding hydrogens is 278 g/mol. The SMILES string of the molecule is COc1ccccc1C1(CNC(=O)c2occc2C)CCC1. The van der Waals surface area contributed by atoms with Crippen LogP contribution in [0.15, 0.2) is 41.0 Å². The van der Waals surface area contributed by atoms with Crippen LogP contribution in [0.4, 0.5) is 0 Å². The predicted octanol–water partition coefficient (Wildman–Crippen LogP) is 3.45. The lowest BCUT2D eigenvalue weighted by atomic mass is 9.64. The summed E-state index contributed by atoms with van der Waals surface area (Å²) in [4.78, 5) is 12.3. The Labute approximate surface area is 130 Å². The first-order chi connectivity index (χ1) is 10.7. The van der Waals surface area contributed by atoms with Gasteiger partial charge in [0.2, 0.25) is 0 Å². The fourth-order valence-corrected chi connectivity index (χ4v) is 3.16. The molecule has 4 heteroatoms. The molecule has 1 saturated carbocycles. The van der Waals surface area contributed by atoms with Gasteiger partial charge in [0.1, 0.15) is 5.75 Å². The Morgan fingerprint density at radius 1 is 1.32 bits per heavy atom. The summed E-state index contributed by atoms with van der Waals surface area (Å²) in [6, 6.07) is 9.88. The maximum Gasteiger partial charge on any atom is 0.287 e. The highest BCUT2D eigenvalue weighted by molar-refractivity contribution is 5.92. The summed E-state index contributed by atoms with van der Waals surface area (Å²) in [6.07, 6.45) is 4.84. The van der Waals surface area contributed by atoms with E-state index in [0.717, 1.165) is 24.2 Å². The molecule has 116 valence electrons. The van der Waals surface area contributed by atoms with Gasteiger partial charge < -0.3 is 14.5 Å². The van der Waals surface area contributed by atoms with Gasteiger partial charge in [-0.25, -0.2) is 0 Å². The third-order valence-corrected chi connectivity index (χ3v) is 4.64. The summed E-state index contributed by atoms with van der Waals surface area (Å²) >= 11 is 0. The van der Waals surface area contributed by atoms with Gasteiger partial charge in [-0.2, -0.15) is 0 Å². The van der Waals surface area contributed by atoms with Crippen molar-refractivity contribution in [2.75, 3.05) is 13.7 Å². The van der Waals surface area contributed by atoms with Crippen LogP contribution in [0.25, 0.3) is 0 Å². The summed E-state index contributed by atoms with van der Waals surface area (Å²) in [5, 5.41) is 3.03. The second-order valence-corrected chi connectivity index (χ2v) is 5.95. The van der Waals surface area contributed by atoms with Crippen LogP contribution in [0.2, 0.25) is 0 Å². The van der Waals surface area contributed by atoms with E-state index in [1.165, 1.54) is 12.0 Å². The molecule has 1 aliphatic carbocycles. The van der Waals surface area contributed by atoms with E-state index in [1.54, 1.807) is 19.4 Å². The highest BCUT2D eigenvalue weighted by atomic mass is 16.5. The molecule has 0 spiro atoms. The molecule has 1 heterocycles. The predicted molar refractivity (Wildman–Crippen MR) is 84.3 cm³/mol. The largest absolute Gasteiger partial charge is 0.496 e. The van der Waals surface area contributed by atoms with Crippen LogP contribution in [0, 0.1) is 6.92 Å². The lowest BCUT2D eigenvalue weighted by Gasteiger charge is -2.43. The van der Waals surface area contributed by atoms with Crippen molar-refractivity contribution >= 4 is 5.91 Å². The molecule has 1 aromatic heterocycles. The Balaban J connectivity index is 1.77. The van der Waals surface area contributed by atoms with Gasteiger partial charge in [0.15, 0.2) is 5.76 Å². The van der Waals surface area contributed by atoms with Crippen molar-refractivity contribution in [3.63, 3.8) is 0 Å². The summed E-state index contributed by atoms with van der Waals surface area (Å²) in [7, 11) is 1.69. The van der Waals surface area contributed by atoms with E-state index < -0.39 is 0 Å². The maximum atomic E-state index is 12.3. The van der Waals surface area contributed by atoms with Crippen LogP contribution in [0.5, 0.6) is 5.75 Å². The van der Waals surface area contributed by atoms with E-state index in [9.17, 15) is 4.79 Å². The molecule has 1 aliphatic rings. The number of hydrogen-bond acceptors (Lipinski definition) is 3. The molecule has 0 aliphatic heterocycles. The lowest BCUT2D eigenvalue weighted by Crippen LogP contribution is -2.45. The van der Waals surface area contributed by atoms with E-state index >= 15 is 0 Å². The monoisotopic (exact) mass is 299 g/mol. The average molecular weight is 299 g/mol. The molecule has 1 N–H and O–H groups in total. The minimum Gasteiger partial charge on any atom is -0.496 e. The molecule has 1 fully saturated rings. The molecular formula is C18H21NO3. The summed E-state index contributed by atoms with van der Waals surface area (Å²) in [6.45, 7) is 2.48. The van der Waals surface area contributed by atoms with Gasteiger partial charge in [-0.05, 0) is 31.9 Å². The Hall–Kier alpha value is -2.23. The standard InChI is InChI=1S/C18H21NO3/c1-13-8-11-22-16(13)17(20)19-12-18(9-5-10-18)14-6-3-4-7-15(14)21-2/h3-4,6-8,11H,5,9-10,12H2,1-2H3,(H,19,20). The van der Waals surface area contributed by atoms with E-state index in [0.29, 0.717) is 12.3 Å². The minimum absolute atomic E-state index is 0.0250. The van der Waals surface area contributed by atoms with Crippen LogP contribution in [0.3, 0.4) is 0 Å². The van der Waals surface area contributed by atoms with Crippen molar-refractivity contribution in [3.8, 4) is 5.75 Å². The quantitative estimate of drug-likeness (QED) is 0.920. The zero-order valence-electron chi connectivity index (χ0n) is 13.0. The summed E-state index contributed by atoms with van der Waals surface area (Å²) in [5.41, 5.74) is 2.01. The molecule has 0 saturated heterocycles. The van der Waals surface area contributed by atoms with Gasteiger partial charge in [0.25, 0.3) is 5.91 Å². The molecule has 2 aromatic rings. The highest BCUT2D eigenvalue weighted by Crippen LogP contribution is 2.46. The number of furan rings is 1. The number of nitrogens with one attached hydrogen (secondary N) is 1. The zero-order valence-corrected chi connectivity index (χ0v) is 13.0. The molecule has 0 radical (unpaired) electrons. The van der Waals surface area contributed by atoms with Gasteiger partial charge >= 0.3 is 0 Å². The molecule has 0 unspecified atom stereocenters. The number of benzene rings is 1. The molecule has 1 amide bonds. The first-order valence-corrected chi connectivity index (χ1v) is 7.62. The Kier molecular flexibility index (Phi) is 3.92. The van der Waals surface area contributed by atoms with Gasteiger partial charge in [-0.3, -0.25) is 4.79 Å². The molecule has 0 atom stereocenters. The minimum atomic E-state index is -0.149. The average Bonchev–Trinajstić information content (AvgIpc) is 2.92. The Morgan fingerprint density at radius 2 is 2.09 bits per heavy atom. The number of carbonyl (C=O) groups excluding carboxylic acids is 1. The first-order valence-electron chi connectivity index (χ1n) is 7.62. The highest BCUT2D eigenvalue weighted by Gasteiger charge is 2.41. The molecule has 22 heavy (non-hydrogen) atoms. The third-order valence-electron chi connectivity index (χ3n) is 4.64. The van der Waals surface area contributed by atoms with E-state index in [2.05, 4.69) is 11.4 Å². The number of para-hydroxylation sites is 1. The van der Waals surface area contributed by atoms with Crippen LogP contribution in [-0.4, -0.2) is 19.6 Å². The molecule has 4 nitrogen and oxygen atoms in total. The fraction of sp³-hybridized carbons (Fsp3) is 0.389. The second-order valence-electron chi connectivity index (χ2n) is 5.95. The number of ether oxygens (including phenoxy) is 1. The molecule has 3 rings (SSSR count). The van der Waals surface area contributed by atoms with Crippen molar-refractivity contribution in [1.29, 1.82) is 0 Å². The van der Waals surface area contributed by atoms with Gasteiger partial charge in [-0.15, -0.1) is 0 Å². The van der Waals surface area contributed by atoms with Crippen LogP contribution in [-0.2, 0) is 5.41 Å². The normalized spacial score (nSPS) is 15.9. The summed E-state index contributed by atoms with van der Waals surface area (Å²) < 4.78 is 10.8. The van der Waals surface area contributed by atoms with Gasteiger partial charge in [-0.1, -0.05) is 24.6 Å². The molecule has 1 aromatic carbocycles. The maximum absolute atomic E-state index is 12.3. The van der Waals surface area contributed by atoms with Crippen LogP contribution in [0.1, 0.15) is 40.9 Å². The first kappa shape index (κ1) is 14.7. The number of methoxy groups -OCH3 is 1. The van der Waals surface area contributed by atoms with Crippen molar-refractivity contribution < 1.29 is 13.9 Å². The lowest BCUT2D eigenvalue weighted by molar-refractivity contribution is 0.0898. The smallest absolute Gasteiger partial charge is 0.287 e. The van der Waals surface area contributed by atoms with E-state index in [4.69, 9.17) is 9.15 Å². The van der Waals surface area contributed by atoms with Crippen molar-refractivity contribution in [1.82, 2.24) is 5.32 Å². The van der Waals surface area contributed by atoms with E-state index in [-0.39, 0.29) is 11.3 Å². The number of hydrogen-bond donors (Lipinski definition) is 1. The van der Waals surface area contributed by atoms with Gasteiger partial charge in [0, 0.05) is 23.1 Å². The van der Waals surface area contributed by atoms with Crippen LogP contribution >= 0.6 is 0 Å². The fourth-order valence-electron chi connectivity index (χ4n) is 3.16. The third kappa shape index (κ3) is 2.49. The van der Waals surface area contributed by atoms with Crippen molar-refractivity contribution in [2.45, 2.75) is 31.6 Å². The van der Waals surface area contributed by atoms with Crippen LogP contribution < -0.4 is 10.1 Å². The van der Waals surface area contributed by atoms with E-state index in [1.807, 2.05) is 25.1 Å². The van der Waals surface area contributed by atoms with Crippen molar-refractivity contribution in [3.05, 3.63) is 53.5 Å². The van der Waals surface area contributed by atoms with Crippen molar-refractivity contribution in [2.24, 2.45) is 0 Å². The Morgan fingerprint density at radius 3 is 2.68 bits per heavy atom. The Bertz CT molecular complexity index is 670. The topological polar surface area (TPSA) is 51.5 Å². The number of aryl methyl sites for hydroxylation is 1. The number of amides is 1. The number of rotatable bonds is 5. The second kappa shape index (κ2) is 5.87. The summed E-state index contributed by atoms with van der Waals surface area (Å²) in [5.74, 6) is 1.14.